The molecule has 11 heteroatoms. The van der Waals surface area contributed by atoms with E-state index in [1.54, 1.807) is 24.3 Å². The van der Waals surface area contributed by atoms with Gasteiger partial charge in [-0.15, -0.1) is 0 Å². The van der Waals surface area contributed by atoms with Crippen molar-refractivity contribution in [3.63, 3.8) is 0 Å². The summed E-state index contributed by atoms with van der Waals surface area (Å²) in [6.07, 6.45) is 0.678. The van der Waals surface area contributed by atoms with E-state index in [4.69, 9.17) is 4.74 Å². The number of methoxy groups -OCH3 is 1. The van der Waals surface area contributed by atoms with Gasteiger partial charge < -0.3 is 14.6 Å². The van der Waals surface area contributed by atoms with Crippen molar-refractivity contribution in [2.75, 3.05) is 23.7 Å². The number of nitrogens with one attached hydrogen (secondary N) is 2. The van der Waals surface area contributed by atoms with E-state index < -0.39 is 14.9 Å². The molecule has 0 amide bonds. The predicted molar refractivity (Wildman–Crippen MR) is 134 cm³/mol. The van der Waals surface area contributed by atoms with Crippen LogP contribution in [-0.2, 0) is 16.6 Å². The van der Waals surface area contributed by atoms with E-state index in [-0.39, 0.29) is 22.0 Å². The maximum absolute atomic E-state index is 13.2. The molecule has 2 N–H and O–H groups in total. The molecule has 4 aromatic rings. The molecule has 0 bridgehead atoms. The van der Waals surface area contributed by atoms with Crippen molar-refractivity contribution in [2.45, 2.75) is 24.8 Å². The molecule has 35 heavy (non-hydrogen) atoms. The summed E-state index contributed by atoms with van der Waals surface area (Å²) in [5.41, 5.74) is 2.13. The van der Waals surface area contributed by atoms with Gasteiger partial charge in [0, 0.05) is 25.2 Å². The number of rotatable bonds is 10. The molecular weight excluding hydrogens is 470 g/mol. The number of non-ortho nitro benzene ring substituents is 1. The first-order valence-electron chi connectivity index (χ1n) is 10.9. The van der Waals surface area contributed by atoms with E-state index in [1.165, 1.54) is 19.2 Å². The Labute approximate surface area is 202 Å². The summed E-state index contributed by atoms with van der Waals surface area (Å²) in [4.78, 5) is 15.0. The molecule has 1 aromatic heterocycles. The quantitative estimate of drug-likeness (QED) is 0.187. The number of fused-ring (bicyclic) bond motifs is 1. The number of aromatic nitrogens is 2. The number of sulfonamides is 1. The van der Waals surface area contributed by atoms with E-state index in [9.17, 15) is 18.5 Å². The summed E-state index contributed by atoms with van der Waals surface area (Å²) >= 11 is 0. The van der Waals surface area contributed by atoms with Gasteiger partial charge in [0.1, 0.15) is 16.5 Å². The molecular formula is C24H25N5O5S. The molecule has 0 fully saturated rings. The zero-order valence-corrected chi connectivity index (χ0v) is 20.1. The highest BCUT2D eigenvalue weighted by Gasteiger charge is 2.23. The smallest absolute Gasteiger partial charge is 0.270 e. The standard InChI is InChI=1S/C24H25N5O5S/c1-17-26-19-8-3-5-10-22(19)28(17)15-7-14-25-21-13-12-18(29(30)31)16-24(21)35(32,33)27-20-9-4-6-11-23(20)34-2/h3-6,8-13,16,25,27H,7,14-15H2,1-2H3. The lowest BCUT2D eigenvalue weighted by Crippen LogP contribution is -2.17. The summed E-state index contributed by atoms with van der Waals surface area (Å²) in [5.74, 6) is 1.23. The van der Waals surface area contributed by atoms with Gasteiger partial charge in [-0.2, -0.15) is 0 Å². The summed E-state index contributed by atoms with van der Waals surface area (Å²) in [5, 5.41) is 14.4. The Balaban J connectivity index is 1.55. The van der Waals surface area contributed by atoms with Crippen molar-refractivity contribution in [3.05, 3.63) is 82.7 Å². The number of para-hydroxylation sites is 4. The number of nitro benzene ring substituents is 1. The number of benzene rings is 3. The second-order valence-electron chi connectivity index (χ2n) is 7.82. The van der Waals surface area contributed by atoms with Crippen LogP contribution >= 0.6 is 0 Å². The Morgan fingerprint density at radius 3 is 2.57 bits per heavy atom. The lowest BCUT2D eigenvalue weighted by atomic mass is 10.2. The second kappa shape index (κ2) is 10.0. The zero-order chi connectivity index (χ0) is 25.0. The Bertz CT molecular complexity index is 1480. The van der Waals surface area contributed by atoms with Gasteiger partial charge in [-0.05, 0) is 43.7 Å². The highest BCUT2D eigenvalue weighted by Crippen LogP contribution is 2.31. The summed E-state index contributed by atoms with van der Waals surface area (Å²) < 4.78 is 36.3. The van der Waals surface area contributed by atoms with Crippen LogP contribution in [-0.4, -0.2) is 36.5 Å². The predicted octanol–water partition coefficient (Wildman–Crippen LogP) is 4.56. The molecule has 0 aliphatic carbocycles. The second-order valence-corrected chi connectivity index (χ2v) is 9.47. The number of aryl methyl sites for hydroxylation is 2. The summed E-state index contributed by atoms with van der Waals surface area (Å²) in [7, 11) is -2.73. The maximum Gasteiger partial charge on any atom is 0.270 e. The fourth-order valence-corrected chi connectivity index (χ4v) is 5.13. The first kappa shape index (κ1) is 24.0. The minimum Gasteiger partial charge on any atom is -0.495 e. The Kier molecular flexibility index (Phi) is 6.87. The Hall–Kier alpha value is -4.12. The molecule has 0 spiro atoms. The largest absolute Gasteiger partial charge is 0.495 e. The van der Waals surface area contributed by atoms with E-state index in [0.717, 1.165) is 22.9 Å². The van der Waals surface area contributed by atoms with Crippen LogP contribution in [0.5, 0.6) is 5.75 Å². The minimum atomic E-state index is -4.16. The number of nitro groups is 1. The average molecular weight is 496 g/mol. The molecule has 0 radical (unpaired) electrons. The molecule has 0 aliphatic heterocycles. The van der Waals surface area contributed by atoms with Crippen LogP contribution in [0.3, 0.4) is 0 Å². The highest BCUT2D eigenvalue weighted by atomic mass is 32.2. The van der Waals surface area contributed by atoms with Gasteiger partial charge in [-0.1, -0.05) is 24.3 Å². The third kappa shape index (κ3) is 5.19. The van der Waals surface area contributed by atoms with Crippen LogP contribution in [0.15, 0.2) is 71.6 Å². The topological polar surface area (TPSA) is 128 Å². The Morgan fingerprint density at radius 1 is 1.06 bits per heavy atom. The van der Waals surface area contributed by atoms with Crippen LogP contribution in [0.2, 0.25) is 0 Å². The number of hydrogen-bond donors (Lipinski definition) is 2. The number of hydrogen-bond acceptors (Lipinski definition) is 7. The number of anilines is 2. The van der Waals surface area contributed by atoms with Crippen molar-refractivity contribution in [2.24, 2.45) is 0 Å². The van der Waals surface area contributed by atoms with Gasteiger partial charge >= 0.3 is 0 Å². The molecule has 182 valence electrons. The van der Waals surface area contributed by atoms with E-state index in [0.29, 0.717) is 25.3 Å². The van der Waals surface area contributed by atoms with Crippen molar-refractivity contribution < 1.29 is 18.1 Å². The SMILES string of the molecule is COc1ccccc1NS(=O)(=O)c1cc([N+](=O)[O-])ccc1NCCCn1c(C)nc2ccccc21. The first-order chi connectivity index (χ1) is 16.8. The normalized spacial score (nSPS) is 11.4. The Morgan fingerprint density at radius 2 is 1.80 bits per heavy atom. The third-order valence-electron chi connectivity index (χ3n) is 5.54. The van der Waals surface area contributed by atoms with Gasteiger partial charge in [0.15, 0.2) is 0 Å². The molecule has 0 saturated carbocycles. The van der Waals surface area contributed by atoms with Gasteiger partial charge in [-0.3, -0.25) is 14.8 Å². The van der Waals surface area contributed by atoms with Crippen LogP contribution in [0.1, 0.15) is 12.2 Å². The maximum atomic E-state index is 13.2. The van der Waals surface area contributed by atoms with Gasteiger partial charge in [0.05, 0.1) is 34.4 Å². The lowest BCUT2D eigenvalue weighted by Gasteiger charge is -2.15. The zero-order valence-electron chi connectivity index (χ0n) is 19.3. The molecule has 1 heterocycles. The minimum absolute atomic E-state index is 0.220. The fraction of sp³-hybridized carbons (Fsp3) is 0.208. The van der Waals surface area contributed by atoms with Crippen LogP contribution in [0.25, 0.3) is 11.0 Å². The average Bonchev–Trinajstić information content (AvgIpc) is 3.16. The molecule has 3 aromatic carbocycles. The van der Waals surface area contributed by atoms with E-state index in [2.05, 4.69) is 19.6 Å². The molecule has 4 rings (SSSR count). The van der Waals surface area contributed by atoms with Crippen LogP contribution in [0, 0.1) is 17.0 Å². The van der Waals surface area contributed by atoms with Crippen molar-refractivity contribution >= 4 is 38.1 Å². The number of nitrogens with zero attached hydrogens (tertiary/aromatic N) is 3. The van der Waals surface area contributed by atoms with Crippen LogP contribution in [0.4, 0.5) is 17.1 Å². The highest BCUT2D eigenvalue weighted by molar-refractivity contribution is 7.93. The van der Waals surface area contributed by atoms with Gasteiger partial charge in [-0.25, -0.2) is 13.4 Å². The van der Waals surface area contributed by atoms with Crippen molar-refractivity contribution in [1.82, 2.24) is 9.55 Å². The van der Waals surface area contributed by atoms with Crippen LogP contribution < -0.4 is 14.8 Å². The lowest BCUT2D eigenvalue weighted by molar-refractivity contribution is -0.385. The van der Waals surface area contributed by atoms with Crippen molar-refractivity contribution in [1.29, 1.82) is 0 Å². The molecule has 0 saturated heterocycles. The molecule has 0 unspecified atom stereocenters. The molecule has 0 atom stereocenters. The summed E-state index contributed by atoms with van der Waals surface area (Å²) in [6, 6.07) is 18.1. The first-order valence-corrected chi connectivity index (χ1v) is 12.4. The number of ether oxygens (including phenoxy) is 1. The van der Waals surface area contributed by atoms with Gasteiger partial charge in [0.25, 0.3) is 15.7 Å². The summed E-state index contributed by atoms with van der Waals surface area (Å²) in [6.45, 7) is 3.06. The van der Waals surface area contributed by atoms with Gasteiger partial charge in [0.2, 0.25) is 0 Å². The van der Waals surface area contributed by atoms with Crippen molar-refractivity contribution in [3.8, 4) is 5.75 Å². The molecule has 10 nitrogen and oxygen atoms in total. The monoisotopic (exact) mass is 495 g/mol. The van der Waals surface area contributed by atoms with E-state index in [1.807, 2.05) is 31.2 Å². The number of imidazole rings is 1. The molecule has 0 aliphatic rings. The fourth-order valence-electron chi connectivity index (χ4n) is 3.86. The van der Waals surface area contributed by atoms with E-state index >= 15 is 0 Å². The third-order valence-corrected chi connectivity index (χ3v) is 6.94.